The summed E-state index contributed by atoms with van der Waals surface area (Å²) in [5.41, 5.74) is 1.18. The predicted octanol–water partition coefficient (Wildman–Crippen LogP) is 1.76. The molecule has 20 heavy (non-hydrogen) atoms. The Kier molecular flexibility index (Phi) is 7.57. The van der Waals surface area contributed by atoms with Crippen molar-refractivity contribution in [2.75, 3.05) is 32.1 Å². The fourth-order valence-electron chi connectivity index (χ4n) is 1.65. The number of rotatable bonds is 9. The molecule has 1 rings (SSSR count). The molecule has 1 aromatic heterocycles. The number of ether oxygens (including phenoxy) is 1. The zero-order valence-corrected chi connectivity index (χ0v) is 12.5. The van der Waals surface area contributed by atoms with E-state index in [4.69, 9.17) is 4.74 Å². The minimum absolute atomic E-state index is 0.176. The smallest absolute Gasteiger partial charge is 0.270 e. The van der Waals surface area contributed by atoms with Crippen LogP contribution in [0.15, 0.2) is 6.07 Å². The lowest BCUT2D eigenvalue weighted by atomic mass is 10.3. The van der Waals surface area contributed by atoms with Crippen LogP contribution in [-0.2, 0) is 4.74 Å². The van der Waals surface area contributed by atoms with Gasteiger partial charge < -0.3 is 15.4 Å². The van der Waals surface area contributed by atoms with Gasteiger partial charge in [-0.05, 0) is 25.8 Å². The average molecular weight is 280 g/mol. The summed E-state index contributed by atoms with van der Waals surface area (Å²) in [6, 6.07) is 1.69. The fraction of sp³-hybridized carbons (Fsp3) is 0.643. The zero-order chi connectivity index (χ0) is 14.8. The number of amides is 1. The molecule has 0 aliphatic carbocycles. The van der Waals surface area contributed by atoms with E-state index in [0.29, 0.717) is 24.8 Å². The molecule has 0 aromatic carbocycles. The monoisotopic (exact) mass is 280 g/mol. The van der Waals surface area contributed by atoms with Gasteiger partial charge in [0.25, 0.3) is 5.91 Å². The molecular formula is C14H24N4O2. The number of unbranched alkanes of at least 4 members (excludes halogenated alkanes) is 1. The van der Waals surface area contributed by atoms with Gasteiger partial charge in [0, 0.05) is 32.5 Å². The molecule has 6 nitrogen and oxygen atoms in total. The lowest BCUT2D eigenvalue weighted by molar-refractivity contribution is 0.0943. The number of carbonyl (C=O) groups excluding carboxylic acids is 1. The summed E-state index contributed by atoms with van der Waals surface area (Å²) in [6.07, 6.45) is 2.94. The van der Waals surface area contributed by atoms with Gasteiger partial charge in [-0.15, -0.1) is 0 Å². The second-order valence-corrected chi connectivity index (χ2v) is 4.60. The molecule has 0 radical (unpaired) electrons. The first kappa shape index (κ1) is 16.4. The van der Waals surface area contributed by atoms with Crippen molar-refractivity contribution in [1.29, 1.82) is 0 Å². The Labute approximate surface area is 120 Å². The van der Waals surface area contributed by atoms with E-state index in [1.165, 1.54) is 0 Å². The second kappa shape index (κ2) is 9.25. The van der Waals surface area contributed by atoms with E-state index in [-0.39, 0.29) is 5.91 Å². The highest BCUT2D eigenvalue weighted by atomic mass is 16.5. The maximum atomic E-state index is 12.0. The first-order valence-corrected chi connectivity index (χ1v) is 7.04. The lowest BCUT2D eigenvalue weighted by Gasteiger charge is -2.08. The number of hydrogen-bond acceptors (Lipinski definition) is 5. The Hall–Kier alpha value is -1.69. The largest absolute Gasteiger partial charge is 0.385 e. The summed E-state index contributed by atoms with van der Waals surface area (Å²) >= 11 is 0. The van der Waals surface area contributed by atoms with Crippen molar-refractivity contribution < 1.29 is 9.53 Å². The molecule has 0 unspecified atom stereocenters. The van der Waals surface area contributed by atoms with Gasteiger partial charge in [0.1, 0.15) is 5.69 Å². The fourth-order valence-corrected chi connectivity index (χ4v) is 1.65. The summed E-state index contributed by atoms with van der Waals surface area (Å²) in [6.45, 7) is 6.00. The molecule has 0 atom stereocenters. The molecule has 0 aliphatic rings. The van der Waals surface area contributed by atoms with Crippen molar-refractivity contribution in [3.8, 4) is 0 Å². The molecule has 0 bridgehead atoms. The van der Waals surface area contributed by atoms with E-state index < -0.39 is 0 Å². The Balaban J connectivity index is 2.57. The van der Waals surface area contributed by atoms with E-state index in [2.05, 4.69) is 27.5 Å². The van der Waals surface area contributed by atoms with Crippen molar-refractivity contribution in [3.05, 3.63) is 17.5 Å². The second-order valence-electron chi connectivity index (χ2n) is 4.60. The summed E-state index contributed by atoms with van der Waals surface area (Å²) in [4.78, 5) is 20.5. The third-order valence-electron chi connectivity index (χ3n) is 2.71. The van der Waals surface area contributed by atoms with E-state index in [9.17, 15) is 4.79 Å². The third-order valence-corrected chi connectivity index (χ3v) is 2.71. The van der Waals surface area contributed by atoms with E-state index in [1.54, 1.807) is 13.2 Å². The quantitative estimate of drug-likeness (QED) is 0.674. The first-order chi connectivity index (χ1) is 9.67. The molecule has 112 valence electrons. The normalized spacial score (nSPS) is 10.3. The SMILES string of the molecule is CCCCNc1nc(C)cc(C(=O)NCCCOC)n1. The third kappa shape index (κ3) is 5.97. The standard InChI is InChI=1S/C14H24N4O2/c1-4-5-7-16-14-17-11(2)10-12(18-14)13(19)15-8-6-9-20-3/h10H,4-9H2,1-3H3,(H,15,19)(H,16,17,18). The van der Waals surface area contributed by atoms with Crippen LogP contribution >= 0.6 is 0 Å². The first-order valence-electron chi connectivity index (χ1n) is 7.04. The van der Waals surface area contributed by atoms with Crippen LogP contribution in [0.3, 0.4) is 0 Å². The number of aryl methyl sites for hydroxylation is 1. The van der Waals surface area contributed by atoms with Crippen molar-refractivity contribution in [1.82, 2.24) is 15.3 Å². The number of methoxy groups -OCH3 is 1. The minimum Gasteiger partial charge on any atom is -0.385 e. The summed E-state index contributed by atoms with van der Waals surface area (Å²) in [5.74, 6) is 0.339. The van der Waals surface area contributed by atoms with Gasteiger partial charge in [-0.25, -0.2) is 9.97 Å². The van der Waals surface area contributed by atoms with Crippen LogP contribution in [0.25, 0.3) is 0 Å². The average Bonchev–Trinajstić information content (AvgIpc) is 2.43. The van der Waals surface area contributed by atoms with Crippen molar-refractivity contribution in [3.63, 3.8) is 0 Å². The van der Waals surface area contributed by atoms with Gasteiger partial charge in [0.05, 0.1) is 0 Å². The van der Waals surface area contributed by atoms with E-state index in [0.717, 1.165) is 31.5 Å². The highest BCUT2D eigenvalue weighted by Crippen LogP contribution is 2.05. The summed E-state index contributed by atoms with van der Waals surface area (Å²) < 4.78 is 4.94. The molecule has 0 fully saturated rings. The Morgan fingerprint density at radius 1 is 1.30 bits per heavy atom. The molecular weight excluding hydrogens is 256 g/mol. The Morgan fingerprint density at radius 2 is 2.10 bits per heavy atom. The van der Waals surface area contributed by atoms with Gasteiger partial charge in [0.2, 0.25) is 5.95 Å². The van der Waals surface area contributed by atoms with Crippen LogP contribution in [0.5, 0.6) is 0 Å². The lowest BCUT2D eigenvalue weighted by Crippen LogP contribution is -2.26. The highest BCUT2D eigenvalue weighted by Gasteiger charge is 2.09. The number of aromatic nitrogens is 2. The van der Waals surface area contributed by atoms with Gasteiger partial charge >= 0.3 is 0 Å². The van der Waals surface area contributed by atoms with Crippen molar-refractivity contribution in [2.45, 2.75) is 33.1 Å². The van der Waals surface area contributed by atoms with Crippen molar-refractivity contribution in [2.24, 2.45) is 0 Å². The van der Waals surface area contributed by atoms with Crippen LogP contribution in [0, 0.1) is 6.92 Å². The number of nitrogens with zero attached hydrogens (tertiary/aromatic N) is 2. The summed E-state index contributed by atoms with van der Waals surface area (Å²) in [7, 11) is 1.64. The van der Waals surface area contributed by atoms with Gasteiger partial charge in [-0.2, -0.15) is 0 Å². The molecule has 1 heterocycles. The van der Waals surface area contributed by atoms with Crippen molar-refractivity contribution >= 4 is 11.9 Å². The van der Waals surface area contributed by atoms with Crippen LogP contribution < -0.4 is 10.6 Å². The number of nitrogens with one attached hydrogen (secondary N) is 2. The molecule has 2 N–H and O–H groups in total. The van der Waals surface area contributed by atoms with Crippen LogP contribution in [0.2, 0.25) is 0 Å². The molecule has 1 aromatic rings. The van der Waals surface area contributed by atoms with E-state index >= 15 is 0 Å². The van der Waals surface area contributed by atoms with Gasteiger partial charge in [0.15, 0.2) is 0 Å². The van der Waals surface area contributed by atoms with Crippen LogP contribution in [0.4, 0.5) is 5.95 Å². The Morgan fingerprint density at radius 3 is 2.80 bits per heavy atom. The molecule has 0 aliphatic heterocycles. The predicted molar refractivity (Wildman–Crippen MR) is 79.0 cm³/mol. The molecule has 6 heteroatoms. The Bertz CT molecular complexity index is 424. The number of hydrogen-bond donors (Lipinski definition) is 2. The van der Waals surface area contributed by atoms with Gasteiger partial charge in [-0.3, -0.25) is 4.79 Å². The minimum atomic E-state index is -0.176. The highest BCUT2D eigenvalue weighted by molar-refractivity contribution is 5.92. The number of carbonyl (C=O) groups is 1. The topological polar surface area (TPSA) is 76.1 Å². The molecule has 1 amide bonds. The molecule has 0 saturated carbocycles. The molecule has 0 spiro atoms. The van der Waals surface area contributed by atoms with Crippen LogP contribution in [-0.4, -0.2) is 42.7 Å². The van der Waals surface area contributed by atoms with E-state index in [1.807, 2.05) is 6.92 Å². The van der Waals surface area contributed by atoms with Gasteiger partial charge in [-0.1, -0.05) is 13.3 Å². The maximum absolute atomic E-state index is 12.0. The van der Waals surface area contributed by atoms with Crippen LogP contribution in [0.1, 0.15) is 42.4 Å². The summed E-state index contributed by atoms with van der Waals surface area (Å²) in [5, 5.41) is 5.95. The molecule has 0 saturated heterocycles. The maximum Gasteiger partial charge on any atom is 0.270 e. The zero-order valence-electron chi connectivity index (χ0n) is 12.5. The number of anilines is 1.